The van der Waals surface area contributed by atoms with Crippen molar-refractivity contribution >= 4 is 11.7 Å². The lowest BCUT2D eigenvalue weighted by atomic mass is 9.78. The molecule has 0 aromatic heterocycles. The fourth-order valence-corrected chi connectivity index (χ4v) is 6.00. The molecular weight excluding hydrogens is 580 g/mol. The first-order valence-electron chi connectivity index (χ1n) is 16.7. The fourth-order valence-electron chi connectivity index (χ4n) is 6.00. The van der Waals surface area contributed by atoms with Gasteiger partial charge in [0.2, 0.25) is 5.91 Å². The Morgan fingerprint density at radius 1 is 0.783 bits per heavy atom. The number of methoxy groups -OCH3 is 1. The monoisotopic (exact) mass is 633 g/mol. The van der Waals surface area contributed by atoms with Crippen LogP contribution in [0, 0.1) is 11.6 Å². The Hall–Kier alpha value is -3.54. The van der Waals surface area contributed by atoms with Crippen molar-refractivity contribution in [3.8, 4) is 5.75 Å². The molecule has 0 unspecified atom stereocenters. The van der Waals surface area contributed by atoms with E-state index in [0.717, 1.165) is 52.8 Å². The summed E-state index contributed by atoms with van der Waals surface area (Å²) in [5.74, 6) is 0.332. The Morgan fingerprint density at radius 3 is 1.72 bits per heavy atom. The van der Waals surface area contributed by atoms with E-state index in [0.29, 0.717) is 32.2 Å². The molecule has 0 saturated carbocycles. The molecule has 3 aromatic carbocycles. The van der Waals surface area contributed by atoms with Crippen LogP contribution in [-0.4, -0.2) is 36.8 Å². The maximum absolute atomic E-state index is 13.6. The van der Waals surface area contributed by atoms with Crippen molar-refractivity contribution in [3.63, 3.8) is 0 Å². The van der Waals surface area contributed by atoms with Gasteiger partial charge in [-0.05, 0) is 77.5 Å². The summed E-state index contributed by atoms with van der Waals surface area (Å²) >= 11 is 0. The van der Waals surface area contributed by atoms with E-state index in [2.05, 4.69) is 53.7 Å². The van der Waals surface area contributed by atoms with Crippen molar-refractivity contribution in [2.75, 3.05) is 20.2 Å². The number of halogens is 2. The second-order valence-corrected chi connectivity index (χ2v) is 14.5. The Labute approximate surface area is 275 Å². The lowest BCUT2D eigenvalue weighted by Crippen LogP contribution is -2.36. The number of aryl methyl sites for hydroxylation is 1. The molecule has 0 spiro atoms. The van der Waals surface area contributed by atoms with Crippen LogP contribution in [0.5, 0.6) is 5.75 Å². The summed E-state index contributed by atoms with van der Waals surface area (Å²) in [6.45, 7) is 15.7. The number of unbranched alkanes of at least 4 members (excludes halogenated alkanes) is 1. The summed E-state index contributed by atoms with van der Waals surface area (Å²) in [4.78, 5) is 28.2. The van der Waals surface area contributed by atoms with E-state index in [1.807, 2.05) is 6.92 Å². The minimum absolute atomic E-state index is 0.00944. The van der Waals surface area contributed by atoms with Gasteiger partial charge in [0.15, 0.2) is 5.78 Å². The van der Waals surface area contributed by atoms with Crippen molar-refractivity contribution in [3.05, 3.63) is 100 Å². The summed E-state index contributed by atoms with van der Waals surface area (Å²) in [5, 5.41) is 0. The number of benzene rings is 3. The molecule has 0 aliphatic carbocycles. The first-order chi connectivity index (χ1) is 21.6. The minimum atomic E-state index is -0.300. The second kappa shape index (κ2) is 16.3. The van der Waals surface area contributed by atoms with Gasteiger partial charge < -0.3 is 9.64 Å². The predicted molar refractivity (Wildman–Crippen MR) is 184 cm³/mol. The van der Waals surface area contributed by atoms with Crippen LogP contribution in [-0.2, 0) is 26.8 Å². The topological polar surface area (TPSA) is 46.6 Å². The molecule has 46 heavy (non-hydrogen) atoms. The number of ketones is 1. The van der Waals surface area contributed by atoms with E-state index < -0.39 is 0 Å². The highest BCUT2D eigenvalue weighted by atomic mass is 19.1. The van der Waals surface area contributed by atoms with Crippen molar-refractivity contribution in [1.82, 2.24) is 4.90 Å². The Balaban J connectivity index is 1.62. The molecule has 0 fully saturated rings. The van der Waals surface area contributed by atoms with Gasteiger partial charge in [-0.2, -0.15) is 0 Å². The Bertz CT molecular complexity index is 1350. The van der Waals surface area contributed by atoms with Crippen molar-refractivity contribution in [1.29, 1.82) is 0 Å². The number of carbonyl (C=O) groups excluding carboxylic acids is 2. The van der Waals surface area contributed by atoms with Crippen LogP contribution in [0.2, 0.25) is 0 Å². The number of hydrogen-bond donors (Lipinski definition) is 0. The molecule has 0 aliphatic heterocycles. The van der Waals surface area contributed by atoms with Crippen LogP contribution in [0.25, 0.3) is 0 Å². The van der Waals surface area contributed by atoms with Crippen LogP contribution < -0.4 is 4.74 Å². The number of amides is 1. The molecule has 6 heteroatoms. The smallest absolute Gasteiger partial charge is 0.222 e. The highest BCUT2D eigenvalue weighted by Gasteiger charge is 2.28. The molecule has 0 radical (unpaired) electrons. The van der Waals surface area contributed by atoms with Gasteiger partial charge in [-0.3, -0.25) is 9.59 Å². The van der Waals surface area contributed by atoms with Crippen molar-refractivity contribution < 1.29 is 23.1 Å². The summed E-state index contributed by atoms with van der Waals surface area (Å²) in [5.41, 5.74) is 5.05. The largest absolute Gasteiger partial charge is 0.496 e. The molecule has 3 aromatic rings. The third kappa shape index (κ3) is 10.5. The van der Waals surface area contributed by atoms with E-state index in [-0.39, 0.29) is 46.6 Å². The van der Waals surface area contributed by atoms with Crippen LogP contribution in [0.3, 0.4) is 0 Å². The van der Waals surface area contributed by atoms with Crippen molar-refractivity contribution in [2.24, 2.45) is 0 Å². The average Bonchev–Trinajstić information content (AvgIpc) is 2.99. The van der Waals surface area contributed by atoms with E-state index in [1.54, 1.807) is 36.3 Å². The molecule has 0 aliphatic rings. The normalized spacial score (nSPS) is 12.0. The highest BCUT2D eigenvalue weighted by Crippen LogP contribution is 2.40. The molecule has 4 nitrogen and oxygen atoms in total. The van der Waals surface area contributed by atoms with Gasteiger partial charge in [-0.25, -0.2) is 8.78 Å². The molecule has 3 rings (SSSR count). The fraction of sp³-hybridized carbons (Fsp3) is 0.500. The second-order valence-electron chi connectivity index (χ2n) is 14.5. The molecule has 0 N–H and O–H groups in total. The van der Waals surface area contributed by atoms with Crippen molar-refractivity contribution in [2.45, 2.75) is 110 Å². The van der Waals surface area contributed by atoms with Gasteiger partial charge in [0.1, 0.15) is 17.4 Å². The van der Waals surface area contributed by atoms with E-state index in [9.17, 15) is 18.4 Å². The number of nitrogens with zero attached hydrogens (tertiary/aromatic N) is 1. The highest BCUT2D eigenvalue weighted by molar-refractivity contribution is 5.86. The first kappa shape index (κ1) is 36.9. The third-order valence-corrected chi connectivity index (χ3v) is 8.55. The third-order valence-electron chi connectivity index (χ3n) is 8.55. The number of ether oxygens (including phenoxy) is 1. The van der Waals surface area contributed by atoms with E-state index in [4.69, 9.17) is 4.74 Å². The van der Waals surface area contributed by atoms with Crippen LogP contribution in [0.1, 0.15) is 121 Å². The Kier molecular flexibility index (Phi) is 13.1. The molecule has 250 valence electrons. The van der Waals surface area contributed by atoms with Gasteiger partial charge in [-0.1, -0.05) is 91.3 Å². The van der Waals surface area contributed by atoms with Gasteiger partial charge in [0.05, 0.1) is 13.7 Å². The average molecular weight is 634 g/mol. The quantitative estimate of drug-likeness (QED) is 0.157. The number of Topliss-reactive ketones (excluding diaryl/α,β-unsaturated/α-hetero) is 1. The SMILES string of the molecule is CCCN(CC(=O)CCc1cc(C(C)(C)C)c(OC)c(C(C)(C)C)c1)C(=O)CCCCC(c1ccc(F)cc1)c1ccc(F)cc1. The molecule has 0 heterocycles. The van der Waals surface area contributed by atoms with Gasteiger partial charge in [0, 0.05) is 36.4 Å². The van der Waals surface area contributed by atoms with E-state index in [1.165, 1.54) is 24.3 Å². The minimum Gasteiger partial charge on any atom is -0.496 e. The van der Waals surface area contributed by atoms with Gasteiger partial charge in [0.25, 0.3) is 0 Å². The standard InChI is InChI=1S/C40H53F2NO3/c1-9-24-43(27-33(44)23-14-28-25-35(39(2,3)4)38(46-8)36(26-28)40(5,6)7)37(45)13-11-10-12-34(29-15-19-31(41)20-16-29)30-17-21-32(42)22-18-30/h15-22,25-26,34H,9-14,23-24,27H2,1-8H3. The zero-order valence-corrected chi connectivity index (χ0v) is 29.1. The summed E-state index contributed by atoms with van der Waals surface area (Å²) in [7, 11) is 1.72. The molecule has 0 bridgehead atoms. The van der Waals surface area contributed by atoms with Crippen LogP contribution in [0.4, 0.5) is 8.78 Å². The lowest BCUT2D eigenvalue weighted by Gasteiger charge is -2.30. The lowest BCUT2D eigenvalue weighted by molar-refractivity contribution is -0.135. The maximum atomic E-state index is 13.6. The van der Waals surface area contributed by atoms with Crippen LogP contribution in [0.15, 0.2) is 60.7 Å². The van der Waals surface area contributed by atoms with Gasteiger partial charge in [-0.15, -0.1) is 0 Å². The molecule has 0 atom stereocenters. The predicted octanol–water partition coefficient (Wildman–Crippen LogP) is 9.70. The number of rotatable bonds is 15. The van der Waals surface area contributed by atoms with Crippen LogP contribution >= 0.6 is 0 Å². The molecular formula is C40H53F2NO3. The van der Waals surface area contributed by atoms with Gasteiger partial charge >= 0.3 is 0 Å². The zero-order valence-electron chi connectivity index (χ0n) is 29.1. The molecule has 0 saturated heterocycles. The number of carbonyl (C=O) groups is 2. The summed E-state index contributed by atoms with van der Waals surface area (Å²) in [6.07, 6.45) is 4.28. The maximum Gasteiger partial charge on any atom is 0.222 e. The molecule has 1 amide bonds. The first-order valence-corrected chi connectivity index (χ1v) is 16.7. The number of hydrogen-bond acceptors (Lipinski definition) is 3. The summed E-state index contributed by atoms with van der Waals surface area (Å²) in [6, 6.07) is 17.2. The Morgan fingerprint density at radius 2 is 1.28 bits per heavy atom. The summed E-state index contributed by atoms with van der Waals surface area (Å²) < 4.78 is 33.1. The van der Waals surface area contributed by atoms with E-state index >= 15 is 0 Å². The zero-order chi connectivity index (χ0) is 34.1.